The van der Waals surface area contributed by atoms with Gasteiger partial charge in [-0.05, 0) is 89.0 Å². The number of hydrogen-bond acceptors (Lipinski definition) is 4. The molecular formula is C54H35NO2S. The predicted octanol–water partition coefficient (Wildman–Crippen LogP) is 15.3. The van der Waals surface area contributed by atoms with Crippen LogP contribution in [0.3, 0.4) is 0 Å². The van der Waals surface area contributed by atoms with Crippen LogP contribution in [0.4, 0.5) is 17.1 Å². The highest BCUT2D eigenvalue weighted by Crippen LogP contribution is 2.47. The van der Waals surface area contributed by atoms with E-state index in [1.165, 1.54) is 42.4 Å². The minimum absolute atomic E-state index is 0.0450. The van der Waals surface area contributed by atoms with Gasteiger partial charge in [0.1, 0.15) is 23.0 Å². The van der Waals surface area contributed by atoms with Crippen LogP contribution in [0, 0.1) is 0 Å². The molecule has 274 valence electrons. The van der Waals surface area contributed by atoms with Gasteiger partial charge in [-0.1, -0.05) is 133 Å². The van der Waals surface area contributed by atoms with Gasteiger partial charge >= 0.3 is 0 Å². The van der Waals surface area contributed by atoms with Crippen LogP contribution in [0.5, 0.6) is 5.75 Å². The Labute approximate surface area is 340 Å². The van der Waals surface area contributed by atoms with Crippen LogP contribution >= 0.6 is 11.3 Å². The number of para-hydroxylation sites is 3. The molecule has 0 amide bonds. The van der Waals surface area contributed by atoms with Gasteiger partial charge in [-0.25, -0.2) is 0 Å². The van der Waals surface area contributed by atoms with Crippen LogP contribution < -0.4 is 9.64 Å². The van der Waals surface area contributed by atoms with E-state index in [1.807, 2.05) is 23.5 Å². The number of furan rings is 1. The SMILES string of the molecule is C1=CC2c3ccccc3OC2C(c2ccc(N(c3cccc(-c4ccc5sc6ccccc6c5c4)c3)c3cccc(-c4cccc5c4oc4ccccc45)c3)cc2)=C1. The first-order valence-corrected chi connectivity index (χ1v) is 20.6. The third-order valence-electron chi connectivity index (χ3n) is 11.9. The fourth-order valence-corrected chi connectivity index (χ4v) is 10.2. The summed E-state index contributed by atoms with van der Waals surface area (Å²) in [5, 5.41) is 4.86. The molecule has 2 aromatic heterocycles. The van der Waals surface area contributed by atoms with Gasteiger partial charge in [-0.2, -0.15) is 0 Å². The second-order valence-electron chi connectivity index (χ2n) is 15.2. The Morgan fingerprint density at radius 3 is 2.07 bits per heavy atom. The van der Waals surface area contributed by atoms with E-state index < -0.39 is 0 Å². The summed E-state index contributed by atoms with van der Waals surface area (Å²) >= 11 is 1.85. The molecule has 8 aromatic carbocycles. The molecular weight excluding hydrogens is 727 g/mol. The molecule has 2 unspecified atom stereocenters. The standard InChI is InChI=1S/C54H35NO2S/c1-4-22-49-43(15-1)46-20-9-18-41(53(46)56-49)34-25-28-38(29-26-34)55(39-13-7-11-35(31-39)36-27-30-52-48(33-36)45-17-3-6-24-51(45)58-52)40-14-8-12-37(32-40)42-19-10-21-47-44-16-2-5-23-50(44)57-54(42)47/h1-33,46,53H. The van der Waals surface area contributed by atoms with Gasteiger partial charge in [0.25, 0.3) is 0 Å². The van der Waals surface area contributed by atoms with Crippen molar-refractivity contribution in [2.24, 2.45) is 0 Å². The maximum Gasteiger partial charge on any atom is 0.143 e. The van der Waals surface area contributed by atoms with Crippen LogP contribution in [0.25, 0.3) is 69.9 Å². The number of nitrogens with zero attached hydrogens (tertiary/aromatic N) is 1. The molecule has 1 aliphatic carbocycles. The number of ether oxygens (including phenoxy) is 1. The van der Waals surface area contributed by atoms with Crippen LogP contribution in [-0.2, 0) is 0 Å². The number of fused-ring (bicyclic) bond motifs is 9. The lowest BCUT2D eigenvalue weighted by atomic mass is 9.84. The van der Waals surface area contributed by atoms with Crippen molar-refractivity contribution >= 4 is 76.1 Å². The topological polar surface area (TPSA) is 25.6 Å². The van der Waals surface area contributed by atoms with Crippen molar-refractivity contribution in [3.8, 4) is 28.0 Å². The first-order chi connectivity index (χ1) is 28.7. The molecule has 0 saturated carbocycles. The monoisotopic (exact) mass is 761 g/mol. The van der Waals surface area contributed by atoms with Crippen LogP contribution in [0.15, 0.2) is 205 Å². The van der Waals surface area contributed by atoms with Gasteiger partial charge in [-0.3, -0.25) is 0 Å². The Morgan fingerprint density at radius 1 is 0.483 bits per heavy atom. The van der Waals surface area contributed by atoms with E-state index in [-0.39, 0.29) is 12.0 Å². The summed E-state index contributed by atoms with van der Waals surface area (Å²) in [6.07, 6.45) is 6.61. The van der Waals surface area contributed by atoms with Gasteiger partial charge in [-0.15, -0.1) is 11.3 Å². The molecule has 0 spiro atoms. The largest absolute Gasteiger partial charge is 0.484 e. The van der Waals surface area contributed by atoms with Gasteiger partial charge in [0.05, 0.1) is 0 Å². The van der Waals surface area contributed by atoms with E-state index in [2.05, 4.69) is 193 Å². The van der Waals surface area contributed by atoms with Gasteiger partial charge < -0.3 is 14.1 Å². The number of anilines is 3. The highest BCUT2D eigenvalue weighted by atomic mass is 32.1. The Balaban J connectivity index is 0.974. The van der Waals surface area contributed by atoms with E-state index in [4.69, 9.17) is 9.15 Å². The molecule has 58 heavy (non-hydrogen) atoms. The predicted molar refractivity (Wildman–Crippen MR) is 243 cm³/mol. The number of rotatable bonds is 6. The molecule has 0 fully saturated rings. The first-order valence-electron chi connectivity index (χ1n) is 19.8. The zero-order chi connectivity index (χ0) is 38.2. The summed E-state index contributed by atoms with van der Waals surface area (Å²) in [6, 6.07) is 65.5. The molecule has 2 atom stereocenters. The first kappa shape index (κ1) is 33.0. The lowest BCUT2D eigenvalue weighted by Gasteiger charge is -2.27. The normalized spacial score (nSPS) is 15.8. The Kier molecular flexibility index (Phi) is 7.54. The van der Waals surface area contributed by atoms with Gasteiger partial charge in [0, 0.05) is 70.6 Å². The van der Waals surface area contributed by atoms with Crippen molar-refractivity contribution in [1.29, 1.82) is 0 Å². The number of benzene rings is 8. The van der Waals surface area contributed by atoms with Crippen LogP contribution in [0.2, 0.25) is 0 Å². The van der Waals surface area contributed by atoms with Crippen LogP contribution in [-0.4, -0.2) is 6.10 Å². The Hall–Kier alpha value is -7.14. The van der Waals surface area contributed by atoms with Crippen LogP contribution in [0.1, 0.15) is 17.0 Å². The summed E-state index contributed by atoms with van der Waals surface area (Å²) in [5.74, 6) is 1.18. The summed E-state index contributed by atoms with van der Waals surface area (Å²) in [5.41, 5.74) is 13.1. The second kappa shape index (κ2) is 13.2. The summed E-state index contributed by atoms with van der Waals surface area (Å²) in [6.45, 7) is 0. The quantitative estimate of drug-likeness (QED) is 0.169. The minimum atomic E-state index is -0.0450. The maximum atomic E-state index is 6.56. The number of thiophene rings is 1. The fourth-order valence-electron chi connectivity index (χ4n) is 9.10. The van der Waals surface area contributed by atoms with Crippen molar-refractivity contribution in [1.82, 2.24) is 0 Å². The highest BCUT2D eigenvalue weighted by Gasteiger charge is 2.36. The molecule has 0 N–H and O–H groups in total. The summed E-state index contributed by atoms with van der Waals surface area (Å²) in [4.78, 5) is 2.37. The lowest BCUT2D eigenvalue weighted by molar-refractivity contribution is 0.278. The molecule has 4 heteroatoms. The molecule has 10 aromatic rings. The van der Waals surface area contributed by atoms with E-state index in [1.54, 1.807) is 0 Å². The zero-order valence-electron chi connectivity index (χ0n) is 31.4. The van der Waals surface area contributed by atoms with E-state index in [9.17, 15) is 0 Å². The maximum absolute atomic E-state index is 6.56. The molecule has 0 radical (unpaired) electrons. The van der Waals surface area contributed by atoms with E-state index in [0.717, 1.165) is 61.4 Å². The smallest absolute Gasteiger partial charge is 0.143 e. The van der Waals surface area contributed by atoms with E-state index >= 15 is 0 Å². The molecule has 3 heterocycles. The second-order valence-corrected chi connectivity index (χ2v) is 16.3. The van der Waals surface area contributed by atoms with E-state index in [0.29, 0.717) is 0 Å². The molecule has 2 aliphatic rings. The highest BCUT2D eigenvalue weighted by molar-refractivity contribution is 7.25. The van der Waals surface area contributed by atoms with Crippen molar-refractivity contribution in [3.63, 3.8) is 0 Å². The van der Waals surface area contributed by atoms with Crippen molar-refractivity contribution in [2.75, 3.05) is 4.90 Å². The third-order valence-corrected chi connectivity index (χ3v) is 13.0. The Bertz CT molecular complexity index is 3290. The Morgan fingerprint density at radius 2 is 1.17 bits per heavy atom. The zero-order valence-corrected chi connectivity index (χ0v) is 32.2. The average Bonchev–Trinajstić information content (AvgIpc) is 3.98. The molecule has 0 saturated heterocycles. The lowest BCUT2D eigenvalue weighted by Crippen LogP contribution is -2.21. The summed E-state index contributed by atoms with van der Waals surface area (Å²) in [7, 11) is 0. The van der Waals surface area contributed by atoms with Crippen molar-refractivity contribution < 1.29 is 9.15 Å². The fraction of sp³-hybridized carbons (Fsp3) is 0.0370. The molecule has 3 nitrogen and oxygen atoms in total. The minimum Gasteiger partial charge on any atom is -0.484 e. The van der Waals surface area contributed by atoms with Crippen molar-refractivity contribution in [3.05, 3.63) is 211 Å². The number of allylic oxidation sites excluding steroid dienone is 2. The van der Waals surface area contributed by atoms with Gasteiger partial charge in [0.15, 0.2) is 0 Å². The molecule has 0 bridgehead atoms. The van der Waals surface area contributed by atoms with Gasteiger partial charge in [0.2, 0.25) is 0 Å². The summed E-state index contributed by atoms with van der Waals surface area (Å²) < 4.78 is 15.7. The number of hydrogen-bond donors (Lipinski definition) is 0. The molecule has 1 aliphatic heterocycles. The molecule has 12 rings (SSSR count). The average molecular weight is 762 g/mol. The third kappa shape index (κ3) is 5.33. The van der Waals surface area contributed by atoms with Crippen molar-refractivity contribution in [2.45, 2.75) is 12.0 Å².